The first-order valence-electron chi connectivity index (χ1n) is 34.8. The van der Waals surface area contributed by atoms with E-state index >= 15 is 18.8 Å². The Morgan fingerprint density at radius 1 is 0.608 bits per heavy atom. The number of likely N-dealkylation sites (tertiary alicyclic amines) is 1. The van der Waals surface area contributed by atoms with E-state index in [0.29, 0.717) is 63.7 Å². The van der Waals surface area contributed by atoms with E-state index in [1.54, 1.807) is 11.8 Å². The van der Waals surface area contributed by atoms with Crippen molar-refractivity contribution in [3.63, 3.8) is 0 Å². The molecule has 0 bridgehead atoms. The Kier molecular flexibility index (Phi) is 28.2. The molecule has 97 heavy (non-hydrogen) atoms. The first-order valence-corrected chi connectivity index (χ1v) is 34.8. The van der Waals surface area contributed by atoms with Crippen LogP contribution < -0.4 is 21.3 Å². The van der Waals surface area contributed by atoms with E-state index in [1.165, 1.54) is 61.9 Å². The lowest BCUT2D eigenvalue weighted by molar-refractivity contribution is -0.150. The van der Waals surface area contributed by atoms with Crippen molar-refractivity contribution in [2.75, 3.05) is 81.6 Å². The van der Waals surface area contributed by atoms with Crippen LogP contribution in [0.2, 0.25) is 0 Å². The number of halogens is 4. The smallest absolute Gasteiger partial charge is 0.343 e. The third-order valence-corrected chi connectivity index (χ3v) is 20.3. The maximum absolute atomic E-state index is 15.3. The normalized spacial score (nSPS) is 26.1. The second-order valence-corrected chi connectivity index (χ2v) is 28.7. The zero-order valence-corrected chi connectivity index (χ0v) is 59.0. The molecule has 1 spiro atoms. The second-order valence-electron chi connectivity index (χ2n) is 28.7. The molecule has 5 fully saturated rings. The van der Waals surface area contributed by atoms with Gasteiger partial charge in [0.1, 0.15) is 53.6 Å². The van der Waals surface area contributed by atoms with Crippen LogP contribution in [0.3, 0.4) is 0 Å². The summed E-state index contributed by atoms with van der Waals surface area (Å²) in [5, 5.41) is 11.4. The number of amides is 12. The summed E-state index contributed by atoms with van der Waals surface area (Å²) in [6.07, 6.45) is 1.88. The lowest BCUT2D eigenvalue weighted by Gasteiger charge is -2.39. The van der Waals surface area contributed by atoms with Crippen molar-refractivity contribution < 1.29 is 75.1 Å². The van der Waals surface area contributed by atoms with E-state index in [0.717, 1.165) is 52.9 Å². The zero-order valence-electron chi connectivity index (χ0n) is 59.0. The minimum absolute atomic E-state index is 0.00157. The Morgan fingerprint density at radius 2 is 1.19 bits per heavy atom. The fraction of sp³-hybridized carbons (Fsp3) is 0.739. The number of benzene rings is 1. The van der Waals surface area contributed by atoms with Gasteiger partial charge in [-0.1, -0.05) is 99.0 Å². The molecule has 6 rings (SSSR count). The number of nitrogens with zero attached hydrogens (tertiary/aromatic N) is 8. The average Bonchev–Trinajstić information content (AvgIpc) is 1.73. The lowest BCUT2D eigenvalue weighted by atomic mass is 9.84. The van der Waals surface area contributed by atoms with Crippen molar-refractivity contribution in [2.45, 2.75) is 224 Å². The number of rotatable bonds is 12. The van der Waals surface area contributed by atoms with E-state index in [2.05, 4.69) is 21.3 Å². The van der Waals surface area contributed by atoms with Gasteiger partial charge >= 0.3 is 6.18 Å². The van der Waals surface area contributed by atoms with E-state index < -0.39 is 168 Å². The fourth-order valence-electron chi connectivity index (χ4n) is 14.2. The summed E-state index contributed by atoms with van der Waals surface area (Å²) in [7, 11) is 8.33. The number of hydrogen-bond acceptors (Lipinski definition) is 12. The number of nitrogens with one attached hydrogen (secondary N) is 4. The summed E-state index contributed by atoms with van der Waals surface area (Å²) < 4.78 is 56.0. The molecule has 12 amide bonds. The summed E-state index contributed by atoms with van der Waals surface area (Å²) >= 11 is 0. The van der Waals surface area contributed by atoms with Gasteiger partial charge in [0, 0.05) is 61.9 Å². The van der Waals surface area contributed by atoms with Crippen molar-refractivity contribution in [1.29, 1.82) is 0 Å². The van der Waals surface area contributed by atoms with E-state index in [9.17, 15) is 56.3 Å². The first-order chi connectivity index (χ1) is 45.6. The summed E-state index contributed by atoms with van der Waals surface area (Å²) in [5.74, 6) is -10.7. The highest BCUT2D eigenvalue weighted by molar-refractivity contribution is 6.00. The molecule has 2 aliphatic carbocycles. The monoisotopic (exact) mass is 1370 g/mol. The average molecular weight is 1370 g/mol. The van der Waals surface area contributed by atoms with Crippen LogP contribution in [-0.4, -0.2) is 239 Å². The predicted molar refractivity (Wildman–Crippen MR) is 352 cm³/mol. The molecule has 24 nitrogen and oxygen atoms in total. The Labute approximate surface area is 568 Å². The van der Waals surface area contributed by atoms with Gasteiger partial charge in [0.2, 0.25) is 70.9 Å². The molecule has 0 unspecified atom stereocenters. The van der Waals surface area contributed by atoms with Gasteiger partial charge in [-0.15, -0.1) is 0 Å². The second kappa shape index (κ2) is 34.9. The third kappa shape index (κ3) is 20.6. The molecule has 0 radical (unpaired) electrons. The van der Waals surface area contributed by atoms with Crippen molar-refractivity contribution in [2.24, 2.45) is 23.7 Å². The number of alkyl halides is 3. The van der Waals surface area contributed by atoms with Crippen molar-refractivity contribution in [3.8, 4) is 0 Å². The summed E-state index contributed by atoms with van der Waals surface area (Å²) in [5.41, 5.74) is -3.05. The molecule has 3 aliphatic heterocycles. The number of likely N-dealkylation sites (N-methyl/N-ethyl adjacent to an activating group) is 6. The van der Waals surface area contributed by atoms with Gasteiger partial charge in [-0.3, -0.25) is 57.5 Å². The van der Waals surface area contributed by atoms with Crippen LogP contribution in [0.5, 0.6) is 0 Å². The maximum Gasteiger partial charge on any atom is 0.419 e. The number of carbonyl (C=O) groups excluding carboxylic acids is 12. The quantitative estimate of drug-likeness (QED) is 0.208. The molecule has 2 saturated carbocycles. The number of aryl methyl sites for hydroxylation is 1. The van der Waals surface area contributed by atoms with Crippen LogP contribution in [-0.2, 0) is 70.1 Å². The van der Waals surface area contributed by atoms with Crippen LogP contribution in [0, 0.1) is 29.5 Å². The maximum atomic E-state index is 15.3. The van der Waals surface area contributed by atoms with Crippen LogP contribution in [0.4, 0.5) is 17.6 Å². The molecule has 1 aromatic carbocycles. The van der Waals surface area contributed by atoms with Gasteiger partial charge in [0.15, 0.2) is 0 Å². The zero-order chi connectivity index (χ0) is 72.0. The highest BCUT2D eigenvalue weighted by Gasteiger charge is 2.50. The molecule has 542 valence electrons. The van der Waals surface area contributed by atoms with Gasteiger partial charge in [-0.2, -0.15) is 13.2 Å². The van der Waals surface area contributed by atoms with Gasteiger partial charge in [0.05, 0.1) is 31.6 Å². The molecule has 1 aromatic rings. The van der Waals surface area contributed by atoms with Gasteiger partial charge in [-0.25, -0.2) is 4.39 Å². The molecule has 3 saturated heterocycles. The van der Waals surface area contributed by atoms with Gasteiger partial charge < -0.3 is 60.5 Å². The van der Waals surface area contributed by atoms with Crippen molar-refractivity contribution in [3.05, 3.63) is 35.1 Å². The van der Waals surface area contributed by atoms with Crippen molar-refractivity contribution in [1.82, 2.24) is 60.5 Å². The summed E-state index contributed by atoms with van der Waals surface area (Å²) in [4.78, 5) is 186. The third-order valence-electron chi connectivity index (χ3n) is 20.3. The largest absolute Gasteiger partial charge is 0.419 e. The topological polar surface area (TPSA) is 279 Å². The Morgan fingerprint density at radius 3 is 1.77 bits per heavy atom. The number of fused-ring (bicyclic) bond motifs is 1. The predicted octanol–water partition coefficient (Wildman–Crippen LogP) is 4.64. The minimum atomic E-state index is -5.00. The number of carbonyl (C=O) groups is 12. The van der Waals surface area contributed by atoms with E-state index in [-0.39, 0.29) is 81.2 Å². The Bertz CT molecular complexity index is 3010. The molecular weight excluding hydrogens is 1260 g/mol. The Hall–Kier alpha value is -7.42. The highest BCUT2D eigenvalue weighted by atomic mass is 19.4. The highest BCUT2D eigenvalue weighted by Crippen LogP contribution is 2.36. The van der Waals surface area contributed by atoms with E-state index in [1.807, 2.05) is 34.6 Å². The van der Waals surface area contributed by atoms with Gasteiger partial charge in [-0.05, 0) is 112 Å². The van der Waals surface area contributed by atoms with Crippen molar-refractivity contribution >= 4 is 70.9 Å². The van der Waals surface area contributed by atoms with Crippen LogP contribution >= 0.6 is 0 Å². The van der Waals surface area contributed by atoms with Crippen LogP contribution in [0.15, 0.2) is 18.2 Å². The molecule has 0 aromatic heterocycles. The SMILES string of the molecule is CC[C@H](C)[C@@H]1NC(=O)[C@H](CC(C)C)N(C)C(=O)C[C@@H](C(=O)N2CCCC2)NC(=O)[C@H](CC(C)C)N(C)C(=O)C2(CCCC2)NC(=O)[C@@H]2CCCN2C(=O)[C@H](CCc2ccc(C(F)(F)F)c(F)c2)NC(=O)CN(C)C(=O)[C@H](CC2CCCCC2)N(C)C(=O)CN(C)C(=O)CN(C)C1=O. The molecule has 3 heterocycles. The first kappa shape index (κ1) is 78.6. The summed E-state index contributed by atoms with van der Waals surface area (Å²) in [6, 6.07) is -6.71. The number of hydrogen-bond donors (Lipinski definition) is 4. The molecular formula is C69H106F4N12O12. The molecule has 8 atom stereocenters. The van der Waals surface area contributed by atoms with Gasteiger partial charge in [0.25, 0.3) is 0 Å². The van der Waals surface area contributed by atoms with Crippen LogP contribution in [0.25, 0.3) is 0 Å². The van der Waals surface area contributed by atoms with Crippen LogP contribution in [0.1, 0.15) is 175 Å². The minimum Gasteiger partial charge on any atom is -0.343 e. The Balaban J connectivity index is 1.41. The molecule has 5 aliphatic rings. The molecule has 28 heteroatoms. The van der Waals surface area contributed by atoms with E-state index in [4.69, 9.17) is 0 Å². The fourth-order valence-corrected chi connectivity index (χ4v) is 14.2. The summed E-state index contributed by atoms with van der Waals surface area (Å²) in [6.45, 7) is 9.88. The lowest BCUT2D eigenvalue weighted by Crippen LogP contribution is -2.64. The standard InChI is InChI=1S/C69H106F4N12O12/c1-13-44(6)59-66(96)80(9)40-57(88)78(7)41-58(89)82(11)54(37-45-22-15-14-16-23-45)65(95)79(8)39-55(86)74-49(28-26-46-25-27-47(48(70)36-46)69(71,72)73)64(94)85-33-21-24-51(85)62(92)77-68(29-17-18-30-68)67(97)83(12)53(35-43(4)5)60(90)75-50(63(93)84-31-19-20-32-84)38-56(87)81(10)52(34-42(2)3)61(91)76-59/h25,27,36,42-45,49-54,59H,13-24,26,28-35,37-41H2,1-12H3,(H,74,86)(H,75,90)(H,76,91)(H,77,92)/t44-,49-,50-,51-,52-,53-,54-,59-/m0/s1. The molecule has 4 N–H and O–H groups in total.